The Kier molecular flexibility index (Phi) is 5.88. The van der Waals surface area contributed by atoms with Gasteiger partial charge in [0.25, 0.3) is 5.56 Å². The Balaban J connectivity index is 2.69. The predicted octanol–water partition coefficient (Wildman–Crippen LogP) is 0.0512. The Morgan fingerprint density at radius 1 is 1.50 bits per heavy atom. The fourth-order valence-electron chi connectivity index (χ4n) is 1.52. The summed E-state index contributed by atoms with van der Waals surface area (Å²) in [6.45, 7) is 0.754. The number of halogens is 3. The number of nitrogens with one attached hydrogen (secondary N) is 2. The molecule has 8 nitrogen and oxygen atoms in total. The smallest absolute Gasteiger partial charge is 0.423 e. The SMILES string of the molecule is C[C@H](COCC(O)C(=O)O)Nc1cn[nH]c(=O)c1C(F)(F)F. The second-order valence-electron chi connectivity index (χ2n) is 4.42. The monoisotopic (exact) mass is 325 g/mol. The molecule has 22 heavy (non-hydrogen) atoms. The number of carbonyl (C=O) groups is 1. The first kappa shape index (κ1) is 17.9. The molecule has 4 N–H and O–H groups in total. The summed E-state index contributed by atoms with van der Waals surface area (Å²) >= 11 is 0. The fourth-order valence-corrected chi connectivity index (χ4v) is 1.52. The zero-order valence-electron chi connectivity index (χ0n) is 11.3. The Morgan fingerprint density at radius 2 is 2.14 bits per heavy atom. The van der Waals surface area contributed by atoms with Gasteiger partial charge in [0.1, 0.15) is 5.56 Å². The number of hydrogen-bond acceptors (Lipinski definition) is 6. The number of rotatable bonds is 7. The Morgan fingerprint density at radius 3 is 2.68 bits per heavy atom. The molecule has 0 spiro atoms. The van der Waals surface area contributed by atoms with E-state index in [1.54, 1.807) is 5.10 Å². The molecular formula is C11H14F3N3O5. The average molecular weight is 325 g/mol. The predicted molar refractivity (Wildman–Crippen MR) is 67.4 cm³/mol. The van der Waals surface area contributed by atoms with E-state index in [1.165, 1.54) is 6.92 Å². The van der Waals surface area contributed by atoms with E-state index in [0.29, 0.717) is 0 Å². The standard InChI is InChI=1S/C11H14F3N3O5/c1-5(3-22-4-7(18)10(20)21)16-6-2-15-17-9(19)8(6)11(12,13)14/h2,5,7,18H,3-4H2,1H3,(H,20,21)(H2,16,17,19)/t5-,7?/m1/s1. The molecule has 124 valence electrons. The molecule has 0 saturated heterocycles. The number of carboxylic acids is 1. The highest BCUT2D eigenvalue weighted by molar-refractivity contribution is 5.71. The van der Waals surface area contributed by atoms with Crippen LogP contribution >= 0.6 is 0 Å². The van der Waals surface area contributed by atoms with E-state index >= 15 is 0 Å². The molecule has 1 aromatic rings. The Bertz CT molecular complexity index is 575. The first-order valence-electron chi connectivity index (χ1n) is 6.03. The van der Waals surface area contributed by atoms with Gasteiger partial charge in [0.15, 0.2) is 6.10 Å². The molecule has 1 rings (SSSR count). The van der Waals surface area contributed by atoms with Crippen molar-refractivity contribution in [3.8, 4) is 0 Å². The summed E-state index contributed by atoms with van der Waals surface area (Å²) in [7, 11) is 0. The summed E-state index contributed by atoms with van der Waals surface area (Å²) in [5.41, 5.74) is -3.32. The molecule has 1 unspecified atom stereocenters. The van der Waals surface area contributed by atoms with E-state index in [4.69, 9.17) is 14.9 Å². The van der Waals surface area contributed by atoms with Crippen LogP contribution in [0.25, 0.3) is 0 Å². The molecule has 0 aliphatic heterocycles. The lowest BCUT2D eigenvalue weighted by Gasteiger charge is -2.18. The number of hydrogen-bond donors (Lipinski definition) is 4. The third-order valence-corrected chi connectivity index (χ3v) is 2.47. The summed E-state index contributed by atoms with van der Waals surface area (Å²) < 4.78 is 43.2. The zero-order chi connectivity index (χ0) is 16.9. The molecule has 11 heteroatoms. The van der Waals surface area contributed by atoms with Crippen LogP contribution in [-0.2, 0) is 15.7 Å². The summed E-state index contributed by atoms with van der Waals surface area (Å²) in [6.07, 6.45) is -5.77. The van der Waals surface area contributed by atoms with Crippen LogP contribution in [0.5, 0.6) is 0 Å². The van der Waals surface area contributed by atoms with Gasteiger partial charge in [-0.15, -0.1) is 0 Å². The zero-order valence-corrected chi connectivity index (χ0v) is 11.3. The summed E-state index contributed by atoms with van der Waals surface area (Å²) in [4.78, 5) is 21.6. The van der Waals surface area contributed by atoms with Crippen LogP contribution in [0, 0.1) is 0 Å². The number of carboxylic acid groups (broad SMARTS) is 1. The second-order valence-corrected chi connectivity index (χ2v) is 4.42. The van der Waals surface area contributed by atoms with E-state index in [2.05, 4.69) is 10.4 Å². The first-order chi connectivity index (χ1) is 10.1. The van der Waals surface area contributed by atoms with Gasteiger partial charge < -0.3 is 20.3 Å². The average Bonchev–Trinajstić information content (AvgIpc) is 2.36. The lowest BCUT2D eigenvalue weighted by molar-refractivity contribution is -0.149. The maximum absolute atomic E-state index is 12.8. The molecule has 2 atom stereocenters. The molecule has 0 amide bonds. The van der Waals surface area contributed by atoms with Crippen LogP contribution < -0.4 is 10.9 Å². The van der Waals surface area contributed by atoms with E-state index in [1.807, 2.05) is 0 Å². The molecule has 0 aliphatic rings. The van der Waals surface area contributed by atoms with Crippen molar-refractivity contribution in [3.63, 3.8) is 0 Å². The van der Waals surface area contributed by atoms with Crippen LogP contribution in [0.15, 0.2) is 11.0 Å². The van der Waals surface area contributed by atoms with E-state index in [0.717, 1.165) is 6.20 Å². The van der Waals surface area contributed by atoms with Crippen molar-refractivity contribution in [1.29, 1.82) is 0 Å². The van der Waals surface area contributed by atoms with E-state index in [-0.39, 0.29) is 6.61 Å². The van der Waals surface area contributed by atoms with Crippen molar-refractivity contribution in [1.82, 2.24) is 10.2 Å². The van der Waals surface area contributed by atoms with Crippen molar-refractivity contribution in [2.75, 3.05) is 18.5 Å². The Labute approximate surface area is 121 Å². The number of H-pyrrole nitrogens is 1. The molecule has 0 bridgehead atoms. The highest BCUT2D eigenvalue weighted by Gasteiger charge is 2.37. The van der Waals surface area contributed by atoms with Crippen molar-refractivity contribution in [2.24, 2.45) is 0 Å². The maximum atomic E-state index is 12.8. The summed E-state index contributed by atoms with van der Waals surface area (Å²) in [6, 6.07) is -0.689. The molecular weight excluding hydrogens is 311 g/mol. The number of anilines is 1. The lowest BCUT2D eigenvalue weighted by Crippen LogP contribution is -2.31. The third-order valence-electron chi connectivity index (χ3n) is 2.47. The molecule has 0 aromatic carbocycles. The summed E-state index contributed by atoms with van der Waals surface area (Å²) in [5.74, 6) is -1.47. The van der Waals surface area contributed by atoms with E-state index < -0.39 is 47.7 Å². The fraction of sp³-hybridized carbons (Fsp3) is 0.545. The van der Waals surface area contributed by atoms with Crippen LogP contribution in [0.4, 0.5) is 18.9 Å². The molecule has 1 aromatic heterocycles. The van der Waals surface area contributed by atoms with Gasteiger partial charge in [-0.05, 0) is 6.92 Å². The van der Waals surface area contributed by atoms with Crippen molar-refractivity contribution in [3.05, 3.63) is 22.1 Å². The van der Waals surface area contributed by atoms with Gasteiger partial charge >= 0.3 is 12.1 Å². The highest BCUT2D eigenvalue weighted by atomic mass is 19.4. The number of ether oxygens (including phenoxy) is 1. The molecule has 0 fully saturated rings. The number of aliphatic hydroxyl groups excluding tert-OH is 1. The number of aliphatic carboxylic acids is 1. The minimum absolute atomic E-state index is 0.186. The van der Waals surface area contributed by atoms with E-state index in [9.17, 15) is 22.8 Å². The summed E-state index contributed by atoms with van der Waals surface area (Å²) in [5, 5.41) is 24.8. The highest BCUT2D eigenvalue weighted by Crippen LogP contribution is 2.31. The van der Waals surface area contributed by atoms with Gasteiger partial charge in [-0.1, -0.05) is 0 Å². The molecule has 0 radical (unpaired) electrons. The third kappa shape index (κ3) is 5.00. The van der Waals surface area contributed by atoms with Crippen LogP contribution in [0.1, 0.15) is 12.5 Å². The number of alkyl halides is 3. The number of aliphatic hydroxyl groups is 1. The van der Waals surface area contributed by atoms with Gasteiger partial charge in [-0.2, -0.15) is 18.3 Å². The largest absolute Gasteiger partial charge is 0.479 e. The minimum Gasteiger partial charge on any atom is -0.479 e. The number of aromatic amines is 1. The first-order valence-corrected chi connectivity index (χ1v) is 6.03. The van der Waals surface area contributed by atoms with Crippen LogP contribution in [-0.4, -0.2) is 51.7 Å². The normalized spacial score (nSPS) is 14.4. The van der Waals surface area contributed by atoms with Crippen molar-refractivity contribution >= 4 is 11.7 Å². The molecule has 0 aliphatic carbocycles. The van der Waals surface area contributed by atoms with Gasteiger partial charge in [0, 0.05) is 6.04 Å². The van der Waals surface area contributed by atoms with Gasteiger partial charge in [0.2, 0.25) is 0 Å². The minimum atomic E-state index is -4.86. The number of aromatic nitrogens is 2. The van der Waals surface area contributed by atoms with Gasteiger partial charge in [-0.3, -0.25) is 4.79 Å². The quantitative estimate of drug-likeness (QED) is 0.558. The van der Waals surface area contributed by atoms with Crippen molar-refractivity contribution in [2.45, 2.75) is 25.2 Å². The molecule has 0 saturated carbocycles. The van der Waals surface area contributed by atoms with Crippen LogP contribution in [0.2, 0.25) is 0 Å². The molecule has 1 heterocycles. The topological polar surface area (TPSA) is 125 Å². The van der Waals surface area contributed by atoms with Gasteiger partial charge in [0.05, 0.1) is 25.1 Å². The Hall–Kier alpha value is -2.14. The maximum Gasteiger partial charge on any atom is 0.423 e. The van der Waals surface area contributed by atoms with Crippen LogP contribution in [0.3, 0.4) is 0 Å². The van der Waals surface area contributed by atoms with Crippen molar-refractivity contribution < 1.29 is 32.9 Å². The number of nitrogens with zero attached hydrogens (tertiary/aromatic N) is 1. The van der Waals surface area contributed by atoms with Gasteiger partial charge in [-0.25, -0.2) is 9.89 Å². The second kappa shape index (κ2) is 7.22. The lowest BCUT2D eigenvalue weighted by atomic mass is 10.2.